The predicted molar refractivity (Wildman–Crippen MR) is 98.1 cm³/mol. The number of rotatable bonds is 4. The van der Waals surface area contributed by atoms with Gasteiger partial charge in [0.25, 0.3) is 17.3 Å². The van der Waals surface area contributed by atoms with Crippen molar-refractivity contribution in [2.75, 3.05) is 5.32 Å². The summed E-state index contributed by atoms with van der Waals surface area (Å²) in [5, 5.41) is 35.6. The van der Waals surface area contributed by atoms with Crippen LogP contribution in [0.4, 0.5) is 17.1 Å². The van der Waals surface area contributed by atoms with Crippen molar-refractivity contribution in [1.82, 2.24) is 0 Å². The van der Waals surface area contributed by atoms with Crippen LogP contribution in [-0.2, 0) is 0 Å². The van der Waals surface area contributed by atoms with E-state index in [4.69, 9.17) is 0 Å². The number of non-ortho nitro benzene ring substituents is 2. The van der Waals surface area contributed by atoms with E-state index in [0.29, 0.717) is 5.56 Å². The molecule has 3 aromatic carbocycles. The van der Waals surface area contributed by atoms with Gasteiger partial charge in [-0.15, -0.1) is 0 Å². The smallest absolute Gasteiger partial charge is 0.278 e. The lowest BCUT2D eigenvalue weighted by Crippen LogP contribution is -2.12. The highest BCUT2D eigenvalue weighted by Crippen LogP contribution is 2.28. The van der Waals surface area contributed by atoms with E-state index in [0.717, 1.165) is 29.0 Å². The van der Waals surface area contributed by atoms with Crippen molar-refractivity contribution in [2.24, 2.45) is 0 Å². The quantitative estimate of drug-likeness (QED) is 0.530. The van der Waals surface area contributed by atoms with Crippen LogP contribution in [0.1, 0.15) is 15.9 Å². The Labute approximate surface area is 152 Å². The van der Waals surface area contributed by atoms with Gasteiger partial charge in [0.15, 0.2) is 0 Å². The molecule has 3 rings (SSSR count). The monoisotopic (exact) mass is 367 g/mol. The third-order valence-electron chi connectivity index (χ3n) is 4.10. The highest BCUT2D eigenvalue weighted by Gasteiger charge is 2.18. The Hall–Kier alpha value is -4.01. The molecule has 0 radical (unpaired) electrons. The van der Waals surface area contributed by atoms with E-state index >= 15 is 0 Å². The summed E-state index contributed by atoms with van der Waals surface area (Å²) < 4.78 is 0. The normalized spacial score (nSPS) is 10.6. The van der Waals surface area contributed by atoms with Crippen molar-refractivity contribution in [2.45, 2.75) is 6.92 Å². The van der Waals surface area contributed by atoms with E-state index in [-0.39, 0.29) is 17.0 Å². The molecule has 9 nitrogen and oxygen atoms in total. The van der Waals surface area contributed by atoms with Gasteiger partial charge in [0.1, 0.15) is 5.75 Å². The topological polar surface area (TPSA) is 136 Å². The van der Waals surface area contributed by atoms with Crippen LogP contribution in [0.5, 0.6) is 5.75 Å². The average molecular weight is 367 g/mol. The van der Waals surface area contributed by atoms with Gasteiger partial charge in [-0.3, -0.25) is 25.0 Å². The highest BCUT2D eigenvalue weighted by molar-refractivity contribution is 6.07. The molecule has 0 unspecified atom stereocenters. The van der Waals surface area contributed by atoms with Gasteiger partial charge in [-0.25, -0.2) is 0 Å². The summed E-state index contributed by atoms with van der Waals surface area (Å²) in [7, 11) is 0. The number of aromatic hydroxyl groups is 1. The molecule has 0 aromatic heterocycles. The number of hydrogen-bond acceptors (Lipinski definition) is 6. The van der Waals surface area contributed by atoms with Crippen molar-refractivity contribution in [3.63, 3.8) is 0 Å². The Morgan fingerprint density at radius 3 is 2.19 bits per heavy atom. The van der Waals surface area contributed by atoms with Gasteiger partial charge < -0.3 is 10.4 Å². The fourth-order valence-electron chi connectivity index (χ4n) is 2.70. The minimum absolute atomic E-state index is 0.0529. The zero-order valence-corrected chi connectivity index (χ0v) is 14.0. The maximum absolute atomic E-state index is 12.5. The van der Waals surface area contributed by atoms with Gasteiger partial charge in [0.2, 0.25) is 0 Å². The molecule has 2 N–H and O–H groups in total. The van der Waals surface area contributed by atoms with E-state index in [1.807, 2.05) is 0 Å². The number of benzene rings is 3. The lowest BCUT2D eigenvalue weighted by atomic mass is 10.0. The standard InChI is InChI=1S/C18H13N3O6/c1-10-16-4-2-12(6-11(16)3-5-17(10)22)18(23)19-13-7-14(20(24)25)9-15(8-13)21(26)27/h2-9,22H,1H3,(H,19,23). The van der Waals surface area contributed by atoms with Gasteiger partial charge >= 0.3 is 0 Å². The number of aryl methyl sites for hydroxylation is 1. The molecule has 0 bridgehead atoms. The molecule has 27 heavy (non-hydrogen) atoms. The van der Waals surface area contributed by atoms with Crippen molar-refractivity contribution < 1.29 is 19.7 Å². The number of phenols is 1. The second-order valence-corrected chi connectivity index (χ2v) is 5.85. The van der Waals surface area contributed by atoms with Gasteiger partial charge in [0, 0.05) is 17.7 Å². The predicted octanol–water partition coefficient (Wildman–Crippen LogP) is 3.92. The highest BCUT2D eigenvalue weighted by atomic mass is 16.6. The average Bonchev–Trinajstić information content (AvgIpc) is 2.64. The van der Waals surface area contributed by atoms with Crippen molar-refractivity contribution >= 4 is 33.7 Å². The molecule has 0 atom stereocenters. The lowest BCUT2D eigenvalue weighted by molar-refractivity contribution is -0.394. The zero-order valence-electron chi connectivity index (χ0n) is 14.0. The van der Waals surface area contributed by atoms with Crippen LogP contribution in [-0.4, -0.2) is 20.9 Å². The molecule has 0 fully saturated rings. The molecule has 136 valence electrons. The van der Waals surface area contributed by atoms with E-state index in [9.17, 15) is 30.1 Å². The molecule has 0 saturated heterocycles. The van der Waals surface area contributed by atoms with Gasteiger partial charge in [0.05, 0.1) is 21.6 Å². The van der Waals surface area contributed by atoms with Crippen LogP contribution in [0.2, 0.25) is 0 Å². The molecule has 3 aromatic rings. The number of carbonyl (C=O) groups excluding carboxylic acids is 1. The van der Waals surface area contributed by atoms with Crippen molar-refractivity contribution in [3.05, 3.63) is 79.9 Å². The number of hydrogen-bond donors (Lipinski definition) is 2. The number of fused-ring (bicyclic) bond motifs is 1. The molecule has 0 aliphatic heterocycles. The Bertz CT molecular complexity index is 1080. The van der Waals surface area contributed by atoms with E-state index < -0.39 is 27.1 Å². The number of nitrogens with zero attached hydrogens (tertiary/aromatic N) is 2. The molecule has 0 aliphatic carbocycles. The van der Waals surface area contributed by atoms with Crippen LogP contribution in [0, 0.1) is 27.2 Å². The van der Waals surface area contributed by atoms with E-state index in [2.05, 4.69) is 5.32 Å². The number of carbonyl (C=O) groups is 1. The van der Waals surface area contributed by atoms with Crippen molar-refractivity contribution in [3.8, 4) is 5.75 Å². The lowest BCUT2D eigenvalue weighted by Gasteiger charge is -2.08. The Kier molecular flexibility index (Phi) is 4.43. The number of anilines is 1. The molecule has 9 heteroatoms. The maximum Gasteiger partial charge on any atom is 0.278 e. The summed E-state index contributed by atoms with van der Waals surface area (Å²) >= 11 is 0. The molecule has 0 spiro atoms. The molecular formula is C18H13N3O6. The third-order valence-corrected chi connectivity index (χ3v) is 4.10. The van der Waals surface area contributed by atoms with Crippen LogP contribution in [0.25, 0.3) is 10.8 Å². The SMILES string of the molecule is Cc1c(O)ccc2cc(C(=O)Nc3cc([N+](=O)[O-])cc([N+](=O)[O-])c3)ccc12. The number of phenolic OH excluding ortho intramolecular Hbond substituents is 1. The first-order chi connectivity index (χ1) is 12.8. The van der Waals surface area contributed by atoms with Gasteiger partial charge in [-0.2, -0.15) is 0 Å². The maximum atomic E-state index is 12.5. The van der Waals surface area contributed by atoms with Crippen LogP contribution < -0.4 is 5.32 Å². The Morgan fingerprint density at radius 1 is 0.963 bits per heavy atom. The van der Waals surface area contributed by atoms with Crippen LogP contribution in [0.3, 0.4) is 0 Å². The van der Waals surface area contributed by atoms with Crippen molar-refractivity contribution in [1.29, 1.82) is 0 Å². The van der Waals surface area contributed by atoms with Gasteiger partial charge in [-0.05, 0) is 41.5 Å². The molecule has 0 saturated carbocycles. The summed E-state index contributed by atoms with van der Waals surface area (Å²) in [6.07, 6.45) is 0. The number of nitrogens with one attached hydrogen (secondary N) is 1. The number of amides is 1. The number of nitro benzene ring substituents is 2. The summed E-state index contributed by atoms with van der Waals surface area (Å²) in [6, 6.07) is 10.9. The largest absolute Gasteiger partial charge is 0.508 e. The Morgan fingerprint density at radius 2 is 1.59 bits per heavy atom. The first kappa shape index (κ1) is 17.8. The minimum Gasteiger partial charge on any atom is -0.508 e. The Balaban J connectivity index is 1.95. The minimum atomic E-state index is -0.770. The van der Waals surface area contributed by atoms with E-state index in [1.165, 1.54) is 12.1 Å². The number of nitro groups is 2. The van der Waals surface area contributed by atoms with E-state index in [1.54, 1.807) is 25.1 Å². The molecule has 1 amide bonds. The summed E-state index contributed by atoms with van der Waals surface area (Å²) in [4.78, 5) is 32.8. The summed E-state index contributed by atoms with van der Waals surface area (Å²) in [6.45, 7) is 1.75. The van der Waals surface area contributed by atoms with Crippen LogP contribution in [0.15, 0.2) is 48.5 Å². The second-order valence-electron chi connectivity index (χ2n) is 5.85. The van der Waals surface area contributed by atoms with Crippen LogP contribution >= 0.6 is 0 Å². The molecular weight excluding hydrogens is 354 g/mol. The third kappa shape index (κ3) is 3.52. The second kappa shape index (κ2) is 6.71. The summed E-state index contributed by atoms with van der Waals surface area (Å²) in [5.41, 5.74) is -0.105. The first-order valence-electron chi connectivity index (χ1n) is 7.74. The zero-order chi connectivity index (χ0) is 19.7. The van der Waals surface area contributed by atoms with Gasteiger partial charge in [-0.1, -0.05) is 12.1 Å². The molecule has 0 heterocycles. The first-order valence-corrected chi connectivity index (χ1v) is 7.74. The molecule has 0 aliphatic rings. The summed E-state index contributed by atoms with van der Waals surface area (Å²) in [5.74, 6) is -0.430. The fourth-order valence-corrected chi connectivity index (χ4v) is 2.70. The fraction of sp³-hybridized carbons (Fsp3) is 0.0556.